The number of hydrogen-bond acceptors (Lipinski definition) is 2. The lowest BCUT2D eigenvalue weighted by atomic mass is 10.1. The number of carbonyl (C=O) groups is 1. The molecule has 0 N–H and O–H groups in total. The summed E-state index contributed by atoms with van der Waals surface area (Å²) in [7, 11) is 0. The standard InChI is InChI=1S/C11H6ClIOS/c12-7-3-4-9(13)8(6-7)11(14)10-2-1-5-15-10/h1-6H. The van der Waals surface area contributed by atoms with Gasteiger partial charge < -0.3 is 0 Å². The first-order chi connectivity index (χ1) is 7.18. The molecule has 1 aromatic carbocycles. The van der Waals surface area contributed by atoms with Crippen molar-refractivity contribution in [3.63, 3.8) is 0 Å². The smallest absolute Gasteiger partial charge is 0.204 e. The summed E-state index contributed by atoms with van der Waals surface area (Å²) in [6.45, 7) is 0. The quantitative estimate of drug-likeness (QED) is 0.586. The van der Waals surface area contributed by atoms with Gasteiger partial charge in [0.2, 0.25) is 5.78 Å². The normalized spacial score (nSPS) is 10.3. The van der Waals surface area contributed by atoms with Crippen LogP contribution in [0, 0.1) is 3.57 Å². The number of benzene rings is 1. The Morgan fingerprint density at radius 1 is 1.33 bits per heavy atom. The zero-order chi connectivity index (χ0) is 10.8. The number of thiophene rings is 1. The average Bonchev–Trinajstić information content (AvgIpc) is 2.74. The highest BCUT2D eigenvalue weighted by atomic mass is 127. The summed E-state index contributed by atoms with van der Waals surface area (Å²) in [5, 5.41) is 2.49. The SMILES string of the molecule is O=C(c1cccs1)c1cc(Cl)ccc1I. The van der Waals surface area contributed by atoms with Gasteiger partial charge in [-0.05, 0) is 52.2 Å². The Balaban J connectivity index is 2.46. The molecule has 0 fully saturated rings. The van der Waals surface area contributed by atoms with Crippen molar-refractivity contribution in [2.24, 2.45) is 0 Å². The number of carbonyl (C=O) groups excluding carboxylic acids is 1. The van der Waals surface area contributed by atoms with Gasteiger partial charge in [-0.3, -0.25) is 4.79 Å². The second-order valence-electron chi connectivity index (χ2n) is 2.93. The van der Waals surface area contributed by atoms with Crippen LogP contribution >= 0.6 is 45.5 Å². The maximum atomic E-state index is 12.0. The molecule has 0 unspecified atom stereocenters. The van der Waals surface area contributed by atoms with Crippen molar-refractivity contribution < 1.29 is 4.79 Å². The van der Waals surface area contributed by atoms with Crippen LogP contribution in [0.3, 0.4) is 0 Å². The Morgan fingerprint density at radius 3 is 2.80 bits per heavy atom. The van der Waals surface area contributed by atoms with Crippen LogP contribution < -0.4 is 0 Å². The average molecular weight is 349 g/mol. The lowest BCUT2D eigenvalue weighted by molar-refractivity contribution is 0.104. The third kappa shape index (κ3) is 2.41. The molecule has 0 aliphatic rings. The van der Waals surface area contributed by atoms with E-state index in [0.29, 0.717) is 10.6 Å². The molecule has 1 aromatic heterocycles. The molecule has 2 rings (SSSR count). The van der Waals surface area contributed by atoms with E-state index in [-0.39, 0.29) is 5.78 Å². The molecule has 0 saturated heterocycles. The van der Waals surface area contributed by atoms with Crippen LogP contribution in [0.4, 0.5) is 0 Å². The second-order valence-corrected chi connectivity index (χ2v) is 5.48. The van der Waals surface area contributed by atoms with Crippen molar-refractivity contribution in [3.05, 3.63) is 54.7 Å². The van der Waals surface area contributed by atoms with Gasteiger partial charge in [-0.2, -0.15) is 0 Å². The van der Waals surface area contributed by atoms with Gasteiger partial charge >= 0.3 is 0 Å². The highest BCUT2D eigenvalue weighted by Gasteiger charge is 2.13. The highest BCUT2D eigenvalue weighted by molar-refractivity contribution is 14.1. The van der Waals surface area contributed by atoms with Crippen LogP contribution in [0.25, 0.3) is 0 Å². The number of halogens is 2. The third-order valence-electron chi connectivity index (χ3n) is 1.92. The molecule has 0 bridgehead atoms. The van der Waals surface area contributed by atoms with Gasteiger partial charge in [-0.15, -0.1) is 11.3 Å². The van der Waals surface area contributed by atoms with E-state index in [1.165, 1.54) is 11.3 Å². The van der Waals surface area contributed by atoms with Gasteiger partial charge in [0.25, 0.3) is 0 Å². The van der Waals surface area contributed by atoms with Crippen molar-refractivity contribution in [1.29, 1.82) is 0 Å². The van der Waals surface area contributed by atoms with Gasteiger partial charge in [0.05, 0.1) is 4.88 Å². The molecule has 4 heteroatoms. The van der Waals surface area contributed by atoms with Crippen molar-refractivity contribution in [3.8, 4) is 0 Å². The molecule has 1 nitrogen and oxygen atoms in total. The minimum absolute atomic E-state index is 0.0388. The molecular weight excluding hydrogens is 343 g/mol. The first kappa shape index (κ1) is 11.1. The summed E-state index contributed by atoms with van der Waals surface area (Å²) >= 11 is 9.46. The molecule has 1 heterocycles. The fraction of sp³-hybridized carbons (Fsp3) is 0. The number of ketones is 1. The molecule has 2 aromatic rings. The van der Waals surface area contributed by atoms with Crippen molar-refractivity contribution >= 4 is 51.3 Å². The third-order valence-corrected chi connectivity index (χ3v) is 3.96. The zero-order valence-corrected chi connectivity index (χ0v) is 11.3. The lowest BCUT2D eigenvalue weighted by Gasteiger charge is -2.02. The molecule has 76 valence electrons. The maximum Gasteiger partial charge on any atom is 0.204 e. The van der Waals surface area contributed by atoms with Gasteiger partial charge in [0.15, 0.2) is 0 Å². The van der Waals surface area contributed by atoms with Crippen LogP contribution in [0.1, 0.15) is 15.2 Å². The molecule has 0 aliphatic heterocycles. The topological polar surface area (TPSA) is 17.1 Å². The lowest BCUT2D eigenvalue weighted by Crippen LogP contribution is -2.01. The summed E-state index contributed by atoms with van der Waals surface area (Å²) in [5.41, 5.74) is 0.672. The van der Waals surface area contributed by atoms with Gasteiger partial charge in [-0.25, -0.2) is 0 Å². The largest absolute Gasteiger partial charge is 0.288 e. The van der Waals surface area contributed by atoms with Crippen molar-refractivity contribution in [2.75, 3.05) is 0 Å². The second kappa shape index (κ2) is 4.63. The predicted octanol–water partition coefficient (Wildman–Crippen LogP) is 4.24. The van der Waals surface area contributed by atoms with E-state index < -0.39 is 0 Å². The van der Waals surface area contributed by atoms with E-state index >= 15 is 0 Å². The summed E-state index contributed by atoms with van der Waals surface area (Å²) in [6.07, 6.45) is 0. The summed E-state index contributed by atoms with van der Waals surface area (Å²) in [5.74, 6) is 0.0388. The molecular formula is C11H6ClIOS. The van der Waals surface area contributed by atoms with E-state index in [9.17, 15) is 4.79 Å². The van der Waals surface area contributed by atoms with E-state index in [1.54, 1.807) is 12.1 Å². The molecule has 0 atom stereocenters. The first-order valence-corrected chi connectivity index (χ1v) is 6.55. The van der Waals surface area contributed by atoms with Gasteiger partial charge in [-0.1, -0.05) is 17.7 Å². The molecule has 0 aliphatic carbocycles. The van der Waals surface area contributed by atoms with Crippen molar-refractivity contribution in [1.82, 2.24) is 0 Å². The maximum absolute atomic E-state index is 12.0. The Bertz CT molecular complexity index is 493. The van der Waals surface area contributed by atoms with E-state index in [1.807, 2.05) is 23.6 Å². The monoisotopic (exact) mass is 348 g/mol. The Kier molecular flexibility index (Phi) is 3.43. The van der Waals surface area contributed by atoms with Crippen LogP contribution in [0.5, 0.6) is 0 Å². The molecule has 0 saturated carbocycles. The van der Waals surface area contributed by atoms with E-state index in [0.717, 1.165) is 8.45 Å². The van der Waals surface area contributed by atoms with E-state index in [4.69, 9.17) is 11.6 Å². The van der Waals surface area contributed by atoms with Crippen LogP contribution in [-0.4, -0.2) is 5.78 Å². The Hall–Kier alpha value is -0.390. The molecule has 0 amide bonds. The predicted molar refractivity (Wildman–Crippen MR) is 71.9 cm³/mol. The Morgan fingerprint density at radius 2 is 2.13 bits per heavy atom. The zero-order valence-electron chi connectivity index (χ0n) is 7.54. The molecule has 15 heavy (non-hydrogen) atoms. The Labute approximate surface area is 110 Å². The highest BCUT2D eigenvalue weighted by Crippen LogP contribution is 2.22. The van der Waals surface area contributed by atoms with Crippen LogP contribution in [0.2, 0.25) is 5.02 Å². The van der Waals surface area contributed by atoms with E-state index in [2.05, 4.69) is 22.6 Å². The molecule has 0 spiro atoms. The minimum atomic E-state index is 0.0388. The van der Waals surface area contributed by atoms with Crippen LogP contribution in [-0.2, 0) is 0 Å². The van der Waals surface area contributed by atoms with Gasteiger partial charge in [0, 0.05) is 14.2 Å². The fourth-order valence-electron chi connectivity index (χ4n) is 1.21. The summed E-state index contributed by atoms with van der Waals surface area (Å²) in [4.78, 5) is 12.8. The minimum Gasteiger partial charge on any atom is -0.288 e. The van der Waals surface area contributed by atoms with Gasteiger partial charge in [0.1, 0.15) is 0 Å². The first-order valence-electron chi connectivity index (χ1n) is 4.22. The van der Waals surface area contributed by atoms with Crippen molar-refractivity contribution in [2.45, 2.75) is 0 Å². The molecule has 0 radical (unpaired) electrons. The number of hydrogen-bond donors (Lipinski definition) is 0. The number of rotatable bonds is 2. The summed E-state index contributed by atoms with van der Waals surface area (Å²) < 4.78 is 0.926. The fourth-order valence-corrected chi connectivity index (χ4v) is 2.64. The van der Waals surface area contributed by atoms with Crippen LogP contribution in [0.15, 0.2) is 35.7 Å². The summed E-state index contributed by atoms with van der Waals surface area (Å²) in [6, 6.07) is 9.04.